The molecule has 0 aliphatic carbocycles. The number of carbonyl (C=O) groups excluding carboxylic acids is 1. The maximum absolute atomic E-state index is 13.6. The van der Waals surface area contributed by atoms with E-state index in [4.69, 9.17) is 23.2 Å². The highest BCUT2D eigenvalue weighted by molar-refractivity contribution is 6.35. The summed E-state index contributed by atoms with van der Waals surface area (Å²) >= 11 is 11.6. The van der Waals surface area contributed by atoms with Crippen LogP contribution in [0, 0.1) is 6.92 Å². The Morgan fingerprint density at radius 2 is 1.71 bits per heavy atom. The number of hydrogen-bond donors (Lipinski definition) is 1. The summed E-state index contributed by atoms with van der Waals surface area (Å²) in [5.74, 6) is -0.591. The number of methoxy groups -OCH3 is 1. The van der Waals surface area contributed by atoms with Crippen molar-refractivity contribution in [2.75, 3.05) is 7.11 Å². The highest BCUT2D eigenvalue weighted by Crippen LogP contribution is 2.36. The average molecular weight is 432 g/mol. The molecule has 0 fully saturated rings. The Morgan fingerprint density at radius 1 is 1.11 bits per heavy atom. The van der Waals surface area contributed by atoms with E-state index < -0.39 is 17.7 Å². The molecule has 28 heavy (non-hydrogen) atoms. The second kappa shape index (κ2) is 8.67. The van der Waals surface area contributed by atoms with Crippen LogP contribution in [-0.4, -0.2) is 30.2 Å². The molecule has 1 N–H and O–H groups in total. The zero-order valence-corrected chi connectivity index (χ0v) is 16.2. The monoisotopic (exact) mass is 431 g/mol. The van der Waals surface area contributed by atoms with Crippen LogP contribution in [0.1, 0.15) is 27.0 Å². The molecule has 9 heteroatoms. The van der Waals surface area contributed by atoms with Crippen LogP contribution in [0.4, 0.5) is 13.2 Å². The lowest BCUT2D eigenvalue weighted by Crippen LogP contribution is -2.13. The molecule has 148 valence electrons. The largest absolute Gasteiger partial charge is 0.465 e. The van der Waals surface area contributed by atoms with Gasteiger partial charge in [0, 0.05) is 15.6 Å². The molecule has 0 bridgehead atoms. The molecule has 0 saturated carbocycles. The Hall–Kier alpha value is -2.51. The van der Waals surface area contributed by atoms with Gasteiger partial charge >= 0.3 is 12.1 Å². The SMILES string of the molecule is COC(=O)c1ccc(C(/C=C(/c2cc(Cl)cc(Cl)c2)C(F)(F)F)=N\O)cc1C. The van der Waals surface area contributed by atoms with Crippen molar-refractivity contribution in [3.05, 3.63) is 74.8 Å². The van der Waals surface area contributed by atoms with Crippen LogP contribution >= 0.6 is 23.2 Å². The minimum absolute atomic E-state index is 0.0263. The number of oxime groups is 1. The molecule has 0 unspecified atom stereocenters. The van der Waals surface area contributed by atoms with E-state index in [2.05, 4.69) is 9.89 Å². The molecule has 0 aliphatic rings. The Labute approximate surface area is 168 Å². The second-order valence-corrected chi connectivity index (χ2v) is 6.59. The van der Waals surface area contributed by atoms with E-state index in [-0.39, 0.29) is 32.4 Å². The third-order valence-electron chi connectivity index (χ3n) is 3.80. The number of halogens is 5. The first-order valence-corrected chi connectivity index (χ1v) is 8.49. The molecule has 0 aromatic heterocycles. The quantitative estimate of drug-likeness (QED) is 0.283. The molecule has 0 amide bonds. The van der Waals surface area contributed by atoms with E-state index in [1.807, 2.05) is 0 Å². The first kappa shape index (κ1) is 21.8. The minimum atomic E-state index is -4.77. The molecular formula is C19H14Cl2F3NO3. The highest BCUT2D eigenvalue weighted by atomic mass is 35.5. The van der Waals surface area contributed by atoms with Crippen molar-refractivity contribution < 1.29 is 27.9 Å². The number of alkyl halides is 3. The predicted octanol–water partition coefficient (Wildman–Crippen LogP) is 5.91. The van der Waals surface area contributed by atoms with E-state index in [1.54, 1.807) is 6.92 Å². The van der Waals surface area contributed by atoms with Gasteiger partial charge in [-0.1, -0.05) is 34.4 Å². The third-order valence-corrected chi connectivity index (χ3v) is 4.23. The summed E-state index contributed by atoms with van der Waals surface area (Å²) in [7, 11) is 1.21. The van der Waals surface area contributed by atoms with Crippen LogP contribution in [0.5, 0.6) is 0 Å². The van der Waals surface area contributed by atoms with Crippen molar-refractivity contribution in [1.29, 1.82) is 0 Å². The lowest BCUT2D eigenvalue weighted by molar-refractivity contribution is -0.0688. The Balaban J connectivity index is 2.58. The third kappa shape index (κ3) is 5.05. The van der Waals surface area contributed by atoms with Crippen LogP contribution in [-0.2, 0) is 4.74 Å². The van der Waals surface area contributed by atoms with Gasteiger partial charge in [-0.15, -0.1) is 0 Å². The summed E-state index contributed by atoms with van der Waals surface area (Å²) in [5.41, 5.74) is -0.887. The first-order valence-electron chi connectivity index (χ1n) is 7.73. The molecular weight excluding hydrogens is 418 g/mol. The lowest BCUT2D eigenvalue weighted by atomic mass is 9.98. The van der Waals surface area contributed by atoms with Crippen molar-refractivity contribution in [1.82, 2.24) is 0 Å². The van der Waals surface area contributed by atoms with Gasteiger partial charge in [-0.2, -0.15) is 13.2 Å². The van der Waals surface area contributed by atoms with Gasteiger partial charge in [0.2, 0.25) is 0 Å². The number of carbonyl (C=O) groups is 1. The van der Waals surface area contributed by atoms with Crippen LogP contribution in [0.15, 0.2) is 47.6 Å². The number of esters is 1. The van der Waals surface area contributed by atoms with Crippen molar-refractivity contribution in [3.8, 4) is 0 Å². The fourth-order valence-corrected chi connectivity index (χ4v) is 3.03. The number of aryl methyl sites for hydroxylation is 1. The zero-order valence-electron chi connectivity index (χ0n) is 14.6. The molecule has 2 aromatic carbocycles. The Bertz CT molecular complexity index is 949. The number of rotatable bonds is 4. The molecule has 4 nitrogen and oxygen atoms in total. The van der Waals surface area contributed by atoms with E-state index >= 15 is 0 Å². The molecule has 0 heterocycles. The van der Waals surface area contributed by atoms with Gasteiger partial charge in [0.1, 0.15) is 5.71 Å². The predicted molar refractivity (Wildman–Crippen MR) is 101 cm³/mol. The van der Waals surface area contributed by atoms with Gasteiger partial charge in [-0.05, 0) is 54.5 Å². The smallest absolute Gasteiger partial charge is 0.417 e. The van der Waals surface area contributed by atoms with Crippen molar-refractivity contribution in [2.45, 2.75) is 13.1 Å². The first-order chi connectivity index (χ1) is 13.1. The van der Waals surface area contributed by atoms with Gasteiger partial charge in [-0.3, -0.25) is 0 Å². The Kier molecular flexibility index (Phi) is 6.74. The molecule has 2 aromatic rings. The molecule has 0 radical (unpaired) electrons. The maximum atomic E-state index is 13.6. The van der Waals surface area contributed by atoms with Crippen molar-refractivity contribution in [3.63, 3.8) is 0 Å². The van der Waals surface area contributed by atoms with Gasteiger partial charge in [0.15, 0.2) is 0 Å². The summed E-state index contributed by atoms with van der Waals surface area (Å²) in [6.07, 6.45) is -4.10. The molecule has 0 aliphatic heterocycles. The summed E-state index contributed by atoms with van der Waals surface area (Å²) in [4.78, 5) is 11.7. The fourth-order valence-electron chi connectivity index (χ4n) is 2.51. The highest BCUT2D eigenvalue weighted by Gasteiger charge is 2.35. The summed E-state index contributed by atoms with van der Waals surface area (Å²) in [6.45, 7) is 1.58. The fraction of sp³-hybridized carbons (Fsp3) is 0.158. The van der Waals surface area contributed by atoms with Crippen LogP contribution < -0.4 is 0 Å². The molecule has 2 rings (SSSR count). The number of ether oxygens (including phenoxy) is 1. The number of hydrogen-bond acceptors (Lipinski definition) is 4. The zero-order chi connectivity index (χ0) is 21.1. The van der Waals surface area contributed by atoms with Crippen molar-refractivity contribution >= 4 is 40.5 Å². The number of allylic oxidation sites excluding steroid dienone is 2. The van der Waals surface area contributed by atoms with Gasteiger partial charge in [0.05, 0.1) is 18.2 Å². The second-order valence-electron chi connectivity index (χ2n) is 5.72. The maximum Gasteiger partial charge on any atom is 0.417 e. The van der Waals surface area contributed by atoms with Crippen LogP contribution in [0.3, 0.4) is 0 Å². The Morgan fingerprint density at radius 3 is 2.18 bits per heavy atom. The normalized spacial score (nSPS) is 12.8. The molecule has 0 atom stereocenters. The van der Waals surface area contributed by atoms with E-state index in [0.29, 0.717) is 11.6 Å². The van der Waals surface area contributed by atoms with Gasteiger partial charge in [-0.25, -0.2) is 4.79 Å². The standard InChI is InChI=1S/C19H14Cl2F3NO3/c1-10-5-11(3-4-15(10)18(26)28-2)17(25-27)9-16(19(22,23)24)12-6-13(20)8-14(21)7-12/h3-9,27H,1-2H3/b16-9-,25-17-. The van der Waals surface area contributed by atoms with E-state index in [0.717, 1.165) is 12.1 Å². The van der Waals surface area contributed by atoms with E-state index in [9.17, 15) is 23.2 Å². The lowest BCUT2D eigenvalue weighted by Gasteiger charge is -2.14. The van der Waals surface area contributed by atoms with Crippen LogP contribution in [0.25, 0.3) is 5.57 Å². The number of nitrogens with zero attached hydrogens (tertiary/aromatic N) is 1. The molecule has 0 saturated heterocycles. The van der Waals surface area contributed by atoms with Gasteiger partial charge < -0.3 is 9.94 Å². The number of benzene rings is 2. The summed E-state index contributed by atoms with van der Waals surface area (Å²) in [5, 5.41) is 12.3. The average Bonchev–Trinajstić information content (AvgIpc) is 2.59. The summed E-state index contributed by atoms with van der Waals surface area (Å²) < 4.78 is 45.5. The minimum Gasteiger partial charge on any atom is -0.465 e. The summed E-state index contributed by atoms with van der Waals surface area (Å²) in [6, 6.07) is 7.65. The molecule has 0 spiro atoms. The van der Waals surface area contributed by atoms with Crippen molar-refractivity contribution in [2.24, 2.45) is 5.16 Å². The van der Waals surface area contributed by atoms with E-state index in [1.165, 1.54) is 31.4 Å². The van der Waals surface area contributed by atoms with Crippen LogP contribution in [0.2, 0.25) is 10.0 Å². The topological polar surface area (TPSA) is 58.9 Å². The van der Waals surface area contributed by atoms with Gasteiger partial charge in [0.25, 0.3) is 0 Å².